The molecular weight excluding hydrogens is 452 g/mol. The predicted octanol–water partition coefficient (Wildman–Crippen LogP) is 5.33. The van der Waals surface area contributed by atoms with E-state index in [-0.39, 0.29) is 6.04 Å². The lowest BCUT2D eigenvalue weighted by Crippen LogP contribution is -2.30. The van der Waals surface area contributed by atoms with Crippen molar-refractivity contribution in [3.63, 3.8) is 0 Å². The van der Waals surface area contributed by atoms with Crippen molar-refractivity contribution < 1.29 is 9.15 Å². The number of nitrogens with zero attached hydrogens (tertiary/aromatic N) is 3. The van der Waals surface area contributed by atoms with Crippen LogP contribution in [0.25, 0.3) is 44.3 Å². The first kappa shape index (κ1) is 22.1. The quantitative estimate of drug-likeness (QED) is 0.285. The minimum absolute atomic E-state index is 0.171. The predicted molar refractivity (Wildman–Crippen MR) is 140 cm³/mol. The number of furan rings is 1. The Morgan fingerprint density at radius 2 is 1.92 bits per heavy atom. The van der Waals surface area contributed by atoms with Gasteiger partial charge in [0.2, 0.25) is 0 Å². The van der Waals surface area contributed by atoms with Crippen LogP contribution in [0.4, 0.5) is 0 Å². The number of hydrogen-bond acceptors (Lipinski definition) is 6. The molecule has 0 saturated heterocycles. The molecule has 6 rings (SSSR count). The van der Waals surface area contributed by atoms with Gasteiger partial charge >= 0.3 is 0 Å². The molecule has 8 nitrogen and oxygen atoms in total. The summed E-state index contributed by atoms with van der Waals surface area (Å²) in [6.45, 7) is 4.25. The summed E-state index contributed by atoms with van der Waals surface area (Å²) in [4.78, 5) is 12.6. The Morgan fingerprint density at radius 1 is 1.03 bits per heavy atom. The maximum Gasteiger partial charge on any atom is 0.155 e. The molecule has 1 aromatic carbocycles. The first-order chi connectivity index (χ1) is 17.6. The molecule has 1 atom stereocenters. The molecule has 0 fully saturated rings. The molecular formula is C28H26N6O2. The highest BCUT2D eigenvalue weighted by atomic mass is 16.5. The fourth-order valence-corrected chi connectivity index (χ4v) is 4.61. The number of benzene rings is 1. The second kappa shape index (κ2) is 8.98. The maximum atomic E-state index is 6.45. The largest absolute Gasteiger partial charge is 0.490 e. The van der Waals surface area contributed by atoms with Gasteiger partial charge in [0.25, 0.3) is 0 Å². The normalized spacial score (nSPS) is 12.4. The van der Waals surface area contributed by atoms with Crippen LogP contribution in [0.15, 0.2) is 71.7 Å². The first-order valence-corrected chi connectivity index (χ1v) is 11.9. The number of aromatic nitrogens is 5. The molecule has 0 unspecified atom stereocenters. The van der Waals surface area contributed by atoms with E-state index in [2.05, 4.69) is 38.4 Å². The van der Waals surface area contributed by atoms with Crippen molar-refractivity contribution >= 4 is 21.9 Å². The van der Waals surface area contributed by atoms with E-state index in [1.807, 2.05) is 50.5 Å². The van der Waals surface area contributed by atoms with E-state index in [1.54, 1.807) is 12.5 Å². The average Bonchev–Trinajstić information content (AvgIpc) is 3.61. The fraction of sp³-hybridized carbons (Fsp3) is 0.179. The summed E-state index contributed by atoms with van der Waals surface area (Å²) in [7, 11) is 0. The zero-order chi connectivity index (χ0) is 24.6. The van der Waals surface area contributed by atoms with Crippen LogP contribution >= 0.6 is 0 Å². The Labute approximate surface area is 207 Å². The van der Waals surface area contributed by atoms with Gasteiger partial charge in [-0.2, -0.15) is 5.10 Å². The highest BCUT2D eigenvalue weighted by molar-refractivity contribution is 5.88. The minimum atomic E-state index is -0.171. The minimum Gasteiger partial charge on any atom is -0.490 e. The highest BCUT2D eigenvalue weighted by Crippen LogP contribution is 2.36. The Bertz CT molecular complexity index is 1680. The summed E-state index contributed by atoms with van der Waals surface area (Å²) in [5.74, 6) is 1.44. The molecule has 0 amide bonds. The van der Waals surface area contributed by atoms with Gasteiger partial charge in [-0.3, -0.25) is 10.1 Å². The molecule has 0 aliphatic rings. The van der Waals surface area contributed by atoms with Gasteiger partial charge in [-0.15, -0.1) is 0 Å². The molecule has 0 saturated carbocycles. The topological polar surface area (TPSA) is 119 Å². The monoisotopic (exact) mass is 478 g/mol. The van der Waals surface area contributed by atoms with Crippen molar-refractivity contribution in [2.45, 2.75) is 26.3 Å². The van der Waals surface area contributed by atoms with Crippen LogP contribution in [0, 0.1) is 13.8 Å². The molecule has 0 bridgehead atoms. The molecule has 5 heterocycles. The Hall–Kier alpha value is -4.43. The number of ether oxygens (including phenoxy) is 1. The number of hydrogen-bond donors (Lipinski definition) is 3. The van der Waals surface area contributed by atoms with Crippen molar-refractivity contribution in [1.82, 2.24) is 25.1 Å². The van der Waals surface area contributed by atoms with Crippen molar-refractivity contribution in [3.8, 4) is 28.1 Å². The molecule has 8 heteroatoms. The van der Waals surface area contributed by atoms with Gasteiger partial charge in [-0.05, 0) is 50.1 Å². The van der Waals surface area contributed by atoms with E-state index < -0.39 is 0 Å². The molecule has 4 N–H and O–H groups in total. The third-order valence-corrected chi connectivity index (χ3v) is 6.52. The van der Waals surface area contributed by atoms with Gasteiger partial charge in [-0.25, -0.2) is 4.98 Å². The lowest BCUT2D eigenvalue weighted by atomic mass is 10.00. The molecule has 36 heavy (non-hydrogen) atoms. The zero-order valence-electron chi connectivity index (χ0n) is 20.1. The first-order valence-electron chi connectivity index (χ1n) is 11.9. The van der Waals surface area contributed by atoms with E-state index in [1.165, 1.54) is 10.9 Å². The van der Waals surface area contributed by atoms with E-state index in [4.69, 9.17) is 19.9 Å². The molecule has 5 aromatic heterocycles. The van der Waals surface area contributed by atoms with Gasteiger partial charge in [0, 0.05) is 51.4 Å². The standard InChI is InChI=1S/C28H26N6O2/c1-16-24-10-19(13-32-28(24)34-33-16)25-11-21(14-31-27(25)22-7-8-35-17(22)2)36-15-20(29)9-18-12-30-26-6-4-3-5-23(18)26/h3-8,10-14,20,30H,9,15,29H2,1-2H3,(H,32,33,34)/t20-/m0/s1. The molecule has 0 aliphatic carbocycles. The smallest absolute Gasteiger partial charge is 0.155 e. The third-order valence-electron chi connectivity index (χ3n) is 6.52. The van der Waals surface area contributed by atoms with Crippen LogP contribution in [0.2, 0.25) is 0 Å². The van der Waals surface area contributed by atoms with Crippen LogP contribution in [0.5, 0.6) is 5.75 Å². The van der Waals surface area contributed by atoms with Gasteiger partial charge < -0.3 is 19.9 Å². The van der Waals surface area contributed by atoms with E-state index in [9.17, 15) is 0 Å². The molecule has 0 aliphatic heterocycles. The molecule has 0 radical (unpaired) electrons. The Kier molecular flexibility index (Phi) is 5.50. The molecule has 180 valence electrons. The second-order valence-electron chi connectivity index (χ2n) is 9.02. The lowest BCUT2D eigenvalue weighted by molar-refractivity contribution is 0.287. The van der Waals surface area contributed by atoms with Crippen LogP contribution in [-0.4, -0.2) is 37.8 Å². The number of rotatable bonds is 7. The second-order valence-corrected chi connectivity index (χ2v) is 9.02. The zero-order valence-corrected chi connectivity index (χ0v) is 20.1. The fourth-order valence-electron chi connectivity index (χ4n) is 4.61. The summed E-state index contributed by atoms with van der Waals surface area (Å²) in [5.41, 5.74) is 13.9. The van der Waals surface area contributed by atoms with E-state index in [0.29, 0.717) is 18.8 Å². The van der Waals surface area contributed by atoms with Crippen molar-refractivity contribution in [2.75, 3.05) is 6.61 Å². The number of aromatic amines is 2. The third kappa shape index (κ3) is 4.01. The number of para-hydroxylation sites is 1. The van der Waals surface area contributed by atoms with E-state index in [0.717, 1.165) is 50.4 Å². The van der Waals surface area contributed by atoms with Gasteiger partial charge in [0.1, 0.15) is 18.1 Å². The lowest BCUT2D eigenvalue weighted by Gasteiger charge is -2.15. The Morgan fingerprint density at radius 3 is 2.78 bits per heavy atom. The summed E-state index contributed by atoms with van der Waals surface area (Å²) < 4.78 is 11.7. The summed E-state index contributed by atoms with van der Waals surface area (Å²) in [6.07, 6.45) is 7.96. The van der Waals surface area contributed by atoms with Crippen LogP contribution in [0.3, 0.4) is 0 Å². The van der Waals surface area contributed by atoms with Gasteiger partial charge in [0.15, 0.2) is 5.65 Å². The summed E-state index contributed by atoms with van der Waals surface area (Å²) >= 11 is 0. The number of fused-ring (bicyclic) bond motifs is 2. The van der Waals surface area contributed by atoms with Crippen LogP contribution < -0.4 is 10.5 Å². The van der Waals surface area contributed by atoms with Gasteiger partial charge in [-0.1, -0.05) is 18.2 Å². The number of pyridine rings is 2. The van der Waals surface area contributed by atoms with Crippen molar-refractivity contribution in [1.29, 1.82) is 0 Å². The Balaban J connectivity index is 1.29. The SMILES string of the molecule is Cc1occc1-c1ncc(OC[C@@H](N)Cc2c[nH]c3ccccc23)cc1-c1cnc2[nH]nc(C)c2c1. The van der Waals surface area contributed by atoms with E-state index >= 15 is 0 Å². The summed E-state index contributed by atoms with van der Waals surface area (Å²) in [6, 6.07) is 14.0. The molecule has 6 aromatic rings. The van der Waals surface area contributed by atoms with Crippen molar-refractivity contribution in [2.24, 2.45) is 5.73 Å². The number of nitrogens with two attached hydrogens (primary N) is 1. The number of nitrogens with one attached hydrogen (secondary N) is 2. The average molecular weight is 479 g/mol. The van der Waals surface area contributed by atoms with Gasteiger partial charge in [0.05, 0.1) is 23.8 Å². The number of aryl methyl sites for hydroxylation is 2. The van der Waals surface area contributed by atoms with Crippen molar-refractivity contribution in [3.05, 3.63) is 84.3 Å². The van der Waals surface area contributed by atoms with Crippen LogP contribution in [-0.2, 0) is 6.42 Å². The summed E-state index contributed by atoms with van der Waals surface area (Å²) in [5, 5.41) is 9.39. The highest BCUT2D eigenvalue weighted by Gasteiger charge is 2.17. The van der Waals surface area contributed by atoms with Crippen LogP contribution in [0.1, 0.15) is 17.0 Å². The molecule has 0 spiro atoms. The maximum absolute atomic E-state index is 6.45. The number of H-pyrrole nitrogens is 2.